The van der Waals surface area contributed by atoms with Crippen molar-refractivity contribution < 1.29 is 4.39 Å². The van der Waals surface area contributed by atoms with Crippen LogP contribution in [-0.2, 0) is 6.54 Å². The summed E-state index contributed by atoms with van der Waals surface area (Å²) in [5.41, 5.74) is 7.38. The van der Waals surface area contributed by atoms with Crippen molar-refractivity contribution in [3.05, 3.63) is 23.0 Å². The zero-order valence-electron chi connectivity index (χ0n) is 12.3. The van der Waals surface area contributed by atoms with Gasteiger partial charge < -0.3 is 10.3 Å². The zero-order valence-corrected chi connectivity index (χ0v) is 13.0. The molecule has 1 fully saturated rings. The summed E-state index contributed by atoms with van der Waals surface area (Å²) in [6.45, 7) is 3.15. The maximum absolute atomic E-state index is 13.5. The number of aromatic nitrogens is 2. The molecule has 2 N–H and O–H groups in total. The fourth-order valence-electron chi connectivity index (χ4n) is 3.30. The van der Waals surface area contributed by atoms with Crippen LogP contribution in [0.1, 0.15) is 39.0 Å². The smallest absolute Gasteiger partial charge is 0.201 e. The van der Waals surface area contributed by atoms with E-state index in [1.54, 1.807) is 6.07 Å². The Morgan fingerprint density at radius 2 is 2.05 bits per heavy atom. The van der Waals surface area contributed by atoms with Crippen LogP contribution in [0.2, 0.25) is 5.02 Å². The molecule has 114 valence electrons. The summed E-state index contributed by atoms with van der Waals surface area (Å²) in [6, 6.07) is 2.98. The van der Waals surface area contributed by atoms with Crippen molar-refractivity contribution in [1.82, 2.24) is 9.55 Å². The molecular weight excluding hydrogens is 289 g/mol. The number of benzene rings is 1. The second kappa shape index (κ2) is 5.84. The fourth-order valence-corrected chi connectivity index (χ4v) is 3.46. The first-order valence-electron chi connectivity index (χ1n) is 7.65. The third-order valence-electron chi connectivity index (χ3n) is 4.72. The Hall–Kier alpha value is -1.29. The molecule has 1 aromatic heterocycles. The maximum atomic E-state index is 13.5. The van der Waals surface area contributed by atoms with Gasteiger partial charge in [0.05, 0.1) is 16.1 Å². The van der Waals surface area contributed by atoms with Crippen LogP contribution in [0.4, 0.5) is 10.3 Å². The minimum absolute atomic E-state index is 0.121. The molecule has 5 heteroatoms. The third-order valence-corrected chi connectivity index (χ3v) is 5.01. The number of nitrogen functional groups attached to an aromatic ring is 1. The average molecular weight is 310 g/mol. The van der Waals surface area contributed by atoms with Crippen LogP contribution >= 0.6 is 11.6 Å². The molecule has 1 saturated carbocycles. The minimum Gasteiger partial charge on any atom is -0.369 e. The SMILES string of the molecule is CC1CCC(CCn2c(N)nc3cc(F)c(Cl)cc32)CC1. The highest BCUT2D eigenvalue weighted by molar-refractivity contribution is 6.31. The number of imidazole rings is 1. The predicted molar refractivity (Wildman–Crippen MR) is 84.9 cm³/mol. The van der Waals surface area contributed by atoms with E-state index in [0.29, 0.717) is 11.5 Å². The van der Waals surface area contributed by atoms with Crippen LogP contribution in [0, 0.1) is 17.7 Å². The number of nitrogens with zero attached hydrogens (tertiary/aromatic N) is 2. The van der Waals surface area contributed by atoms with Gasteiger partial charge >= 0.3 is 0 Å². The highest BCUT2D eigenvalue weighted by Gasteiger charge is 2.19. The van der Waals surface area contributed by atoms with Gasteiger partial charge in [0.1, 0.15) is 5.82 Å². The lowest BCUT2D eigenvalue weighted by Gasteiger charge is -2.26. The molecule has 1 aromatic carbocycles. The number of halogens is 2. The van der Waals surface area contributed by atoms with E-state index in [0.717, 1.165) is 30.3 Å². The summed E-state index contributed by atoms with van der Waals surface area (Å²) in [7, 11) is 0. The van der Waals surface area contributed by atoms with Crippen molar-refractivity contribution >= 4 is 28.6 Å². The monoisotopic (exact) mass is 309 g/mol. The Morgan fingerprint density at radius 3 is 2.76 bits per heavy atom. The summed E-state index contributed by atoms with van der Waals surface area (Å²) >= 11 is 5.88. The van der Waals surface area contributed by atoms with E-state index >= 15 is 0 Å². The average Bonchev–Trinajstić information content (AvgIpc) is 2.74. The van der Waals surface area contributed by atoms with Crippen LogP contribution in [0.3, 0.4) is 0 Å². The van der Waals surface area contributed by atoms with E-state index < -0.39 is 5.82 Å². The first-order valence-corrected chi connectivity index (χ1v) is 8.03. The van der Waals surface area contributed by atoms with Gasteiger partial charge in [-0.15, -0.1) is 0 Å². The molecule has 21 heavy (non-hydrogen) atoms. The van der Waals surface area contributed by atoms with Gasteiger partial charge in [0.15, 0.2) is 0 Å². The lowest BCUT2D eigenvalue weighted by atomic mass is 9.81. The summed E-state index contributed by atoms with van der Waals surface area (Å²) in [4.78, 5) is 4.23. The third kappa shape index (κ3) is 3.00. The quantitative estimate of drug-likeness (QED) is 0.898. The van der Waals surface area contributed by atoms with Crippen LogP contribution in [0.25, 0.3) is 11.0 Å². The Balaban J connectivity index is 1.77. The number of anilines is 1. The van der Waals surface area contributed by atoms with E-state index in [-0.39, 0.29) is 5.02 Å². The molecule has 1 aliphatic rings. The van der Waals surface area contributed by atoms with Crippen LogP contribution in [0.15, 0.2) is 12.1 Å². The van der Waals surface area contributed by atoms with Crippen LogP contribution < -0.4 is 5.73 Å². The molecule has 1 aliphatic carbocycles. The van der Waals surface area contributed by atoms with Gasteiger partial charge in [0.2, 0.25) is 5.95 Å². The van der Waals surface area contributed by atoms with Gasteiger partial charge in [-0.1, -0.05) is 44.2 Å². The highest BCUT2D eigenvalue weighted by atomic mass is 35.5. The second-order valence-corrected chi connectivity index (χ2v) is 6.70. The molecule has 0 aliphatic heterocycles. The molecule has 0 radical (unpaired) electrons. The normalized spacial score (nSPS) is 22.8. The van der Waals surface area contributed by atoms with E-state index in [2.05, 4.69) is 11.9 Å². The molecule has 0 unspecified atom stereocenters. The maximum Gasteiger partial charge on any atom is 0.201 e. The summed E-state index contributed by atoms with van der Waals surface area (Å²) in [5, 5.41) is 0.121. The molecule has 0 atom stereocenters. The first kappa shape index (κ1) is 14.6. The van der Waals surface area contributed by atoms with Gasteiger partial charge in [0.25, 0.3) is 0 Å². The summed E-state index contributed by atoms with van der Waals surface area (Å²) in [6.07, 6.45) is 6.33. The Bertz CT molecular complexity index is 644. The Morgan fingerprint density at radius 1 is 1.33 bits per heavy atom. The van der Waals surface area contributed by atoms with Crippen LogP contribution in [-0.4, -0.2) is 9.55 Å². The summed E-state index contributed by atoms with van der Waals surface area (Å²) in [5.74, 6) is 1.61. The molecule has 1 heterocycles. The van der Waals surface area contributed by atoms with Gasteiger partial charge in [-0.05, 0) is 24.3 Å². The van der Waals surface area contributed by atoms with Crippen molar-refractivity contribution in [1.29, 1.82) is 0 Å². The van der Waals surface area contributed by atoms with E-state index in [9.17, 15) is 4.39 Å². The van der Waals surface area contributed by atoms with Crippen molar-refractivity contribution in [3.63, 3.8) is 0 Å². The number of aryl methyl sites for hydroxylation is 1. The van der Waals surface area contributed by atoms with Crippen molar-refractivity contribution in [2.45, 2.75) is 45.6 Å². The summed E-state index contributed by atoms with van der Waals surface area (Å²) < 4.78 is 15.4. The van der Waals surface area contributed by atoms with E-state index in [1.807, 2.05) is 4.57 Å². The van der Waals surface area contributed by atoms with Crippen molar-refractivity contribution in [2.75, 3.05) is 5.73 Å². The molecule has 0 spiro atoms. The van der Waals surface area contributed by atoms with Crippen LogP contribution in [0.5, 0.6) is 0 Å². The van der Waals surface area contributed by atoms with Gasteiger partial charge in [-0.25, -0.2) is 9.37 Å². The lowest BCUT2D eigenvalue weighted by molar-refractivity contribution is 0.270. The fraction of sp³-hybridized carbons (Fsp3) is 0.562. The number of fused-ring (bicyclic) bond motifs is 1. The zero-order chi connectivity index (χ0) is 15.0. The van der Waals surface area contributed by atoms with Gasteiger partial charge in [-0.2, -0.15) is 0 Å². The molecule has 3 nitrogen and oxygen atoms in total. The molecular formula is C16H21ClFN3. The number of nitrogens with two attached hydrogens (primary N) is 1. The largest absolute Gasteiger partial charge is 0.369 e. The lowest BCUT2D eigenvalue weighted by Crippen LogP contribution is -2.15. The topological polar surface area (TPSA) is 43.8 Å². The second-order valence-electron chi connectivity index (χ2n) is 6.29. The number of rotatable bonds is 3. The van der Waals surface area contributed by atoms with Crippen molar-refractivity contribution in [3.8, 4) is 0 Å². The van der Waals surface area contributed by atoms with Crippen molar-refractivity contribution in [2.24, 2.45) is 11.8 Å². The van der Waals surface area contributed by atoms with E-state index in [1.165, 1.54) is 31.7 Å². The first-order chi connectivity index (χ1) is 10.0. The molecule has 0 saturated heterocycles. The Labute approximate surface area is 129 Å². The highest BCUT2D eigenvalue weighted by Crippen LogP contribution is 2.32. The Kier molecular flexibility index (Phi) is 4.07. The van der Waals surface area contributed by atoms with Gasteiger partial charge in [0, 0.05) is 12.6 Å². The van der Waals surface area contributed by atoms with E-state index in [4.69, 9.17) is 17.3 Å². The number of hydrogen-bond donors (Lipinski definition) is 1. The molecule has 0 bridgehead atoms. The standard InChI is InChI=1S/C16H21ClFN3/c1-10-2-4-11(5-3-10)6-7-21-15-8-12(17)13(18)9-14(15)20-16(21)19/h8-11H,2-7H2,1H3,(H2,19,20). The minimum atomic E-state index is -0.449. The molecule has 3 rings (SSSR count). The number of hydrogen-bond acceptors (Lipinski definition) is 2. The molecule has 2 aromatic rings. The molecule has 0 amide bonds. The van der Waals surface area contributed by atoms with Gasteiger partial charge in [-0.3, -0.25) is 0 Å². The predicted octanol–water partition coefficient (Wildman–Crippen LogP) is 4.63.